The normalized spacial score (nSPS) is 11.9. The third-order valence-electron chi connectivity index (χ3n) is 2.60. The van der Waals surface area contributed by atoms with Crippen LogP contribution in [-0.2, 0) is 4.79 Å². The lowest BCUT2D eigenvalue weighted by Crippen LogP contribution is -2.07. The van der Waals surface area contributed by atoms with E-state index in [1.54, 1.807) is 11.3 Å². The molecule has 0 aliphatic heterocycles. The van der Waals surface area contributed by atoms with E-state index < -0.39 is 0 Å². The molecular weight excluding hydrogens is 324 g/mol. The van der Waals surface area contributed by atoms with Gasteiger partial charge >= 0.3 is 0 Å². The molecule has 1 aromatic heterocycles. The molecule has 5 heteroatoms. The summed E-state index contributed by atoms with van der Waals surface area (Å²) in [5.74, 6) is -0.0579. The van der Waals surface area contributed by atoms with E-state index >= 15 is 0 Å². The van der Waals surface area contributed by atoms with E-state index in [0.717, 1.165) is 15.8 Å². The minimum Gasteiger partial charge on any atom is -0.378 e. The Morgan fingerprint density at radius 2 is 1.89 bits per heavy atom. The molecule has 0 aliphatic carbocycles. The highest BCUT2D eigenvalue weighted by Crippen LogP contribution is 2.28. The highest BCUT2D eigenvalue weighted by Gasteiger charge is 2.07. The van der Waals surface area contributed by atoms with Gasteiger partial charge in [-0.1, -0.05) is 0 Å². The Balaban J connectivity index is 2.01. The molecule has 0 bridgehead atoms. The molecule has 1 unspecified atom stereocenters. The summed E-state index contributed by atoms with van der Waals surface area (Å²) in [7, 11) is 0. The number of carbonyl (C=O) groups is 1. The summed E-state index contributed by atoms with van der Waals surface area (Å²) in [6.45, 7) is 3.63. The van der Waals surface area contributed by atoms with Crippen molar-refractivity contribution < 1.29 is 4.79 Å². The van der Waals surface area contributed by atoms with Crippen LogP contribution in [0.4, 0.5) is 11.4 Å². The molecule has 1 aromatic carbocycles. The lowest BCUT2D eigenvalue weighted by atomic mass is 10.2. The molecule has 1 amide bonds. The van der Waals surface area contributed by atoms with Crippen molar-refractivity contribution in [1.82, 2.24) is 0 Å². The van der Waals surface area contributed by atoms with E-state index in [1.807, 2.05) is 24.3 Å². The Labute approximate surface area is 125 Å². The van der Waals surface area contributed by atoms with Crippen molar-refractivity contribution in [3.63, 3.8) is 0 Å². The first kappa shape index (κ1) is 14.1. The first-order valence-corrected chi connectivity index (χ1v) is 7.60. The van der Waals surface area contributed by atoms with E-state index in [0.29, 0.717) is 0 Å². The molecule has 19 heavy (non-hydrogen) atoms. The summed E-state index contributed by atoms with van der Waals surface area (Å²) >= 11 is 5.18. The van der Waals surface area contributed by atoms with Gasteiger partial charge in [0.15, 0.2) is 0 Å². The number of rotatable bonds is 4. The predicted molar refractivity (Wildman–Crippen MR) is 84.8 cm³/mol. The highest BCUT2D eigenvalue weighted by molar-refractivity contribution is 9.10. The predicted octanol–water partition coefficient (Wildman–Crippen LogP) is 4.64. The maximum Gasteiger partial charge on any atom is 0.221 e. The molecule has 0 saturated heterocycles. The summed E-state index contributed by atoms with van der Waals surface area (Å²) in [4.78, 5) is 12.2. The van der Waals surface area contributed by atoms with Crippen molar-refractivity contribution in [3.05, 3.63) is 45.1 Å². The van der Waals surface area contributed by atoms with E-state index in [4.69, 9.17) is 0 Å². The molecule has 3 nitrogen and oxygen atoms in total. The van der Waals surface area contributed by atoms with Crippen molar-refractivity contribution in [2.75, 3.05) is 10.6 Å². The molecule has 2 aromatic rings. The molecule has 0 saturated carbocycles. The Bertz CT molecular complexity index is 565. The average Bonchev–Trinajstić information content (AvgIpc) is 2.78. The number of hydrogen-bond acceptors (Lipinski definition) is 3. The minimum atomic E-state index is -0.0579. The van der Waals surface area contributed by atoms with Crippen LogP contribution in [0.3, 0.4) is 0 Å². The van der Waals surface area contributed by atoms with Gasteiger partial charge in [-0.3, -0.25) is 4.79 Å². The monoisotopic (exact) mass is 338 g/mol. The largest absolute Gasteiger partial charge is 0.378 e. The molecule has 0 aliphatic rings. The quantitative estimate of drug-likeness (QED) is 0.852. The molecule has 0 radical (unpaired) electrons. The van der Waals surface area contributed by atoms with Crippen LogP contribution >= 0.6 is 27.3 Å². The van der Waals surface area contributed by atoms with Crippen LogP contribution < -0.4 is 10.6 Å². The SMILES string of the molecule is CC(=O)Nc1ccc(NC(C)c2cc(Br)cs2)cc1. The first-order chi connectivity index (χ1) is 9.04. The molecule has 2 rings (SSSR count). The van der Waals surface area contributed by atoms with Gasteiger partial charge in [-0.2, -0.15) is 0 Å². The number of nitrogens with one attached hydrogen (secondary N) is 2. The fourth-order valence-corrected chi connectivity index (χ4v) is 3.18. The van der Waals surface area contributed by atoms with Crippen LogP contribution in [0.15, 0.2) is 40.2 Å². The van der Waals surface area contributed by atoms with Crippen LogP contribution in [-0.4, -0.2) is 5.91 Å². The van der Waals surface area contributed by atoms with Gasteiger partial charge in [-0.25, -0.2) is 0 Å². The fourth-order valence-electron chi connectivity index (χ4n) is 1.73. The van der Waals surface area contributed by atoms with Gasteiger partial charge in [-0.05, 0) is 53.2 Å². The number of benzene rings is 1. The molecule has 100 valence electrons. The summed E-state index contributed by atoms with van der Waals surface area (Å²) in [5.41, 5.74) is 1.84. The number of amides is 1. The van der Waals surface area contributed by atoms with Gasteiger partial charge in [0.1, 0.15) is 0 Å². The van der Waals surface area contributed by atoms with E-state index in [9.17, 15) is 4.79 Å². The average molecular weight is 339 g/mol. The zero-order valence-electron chi connectivity index (χ0n) is 10.7. The van der Waals surface area contributed by atoms with E-state index in [1.165, 1.54) is 11.8 Å². The van der Waals surface area contributed by atoms with Crippen LogP contribution in [0.25, 0.3) is 0 Å². The third kappa shape index (κ3) is 4.08. The van der Waals surface area contributed by atoms with Gasteiger partial charge in [0.2, 0.25) is 5.91 Å². The van der Waals surface area contributed by atoms with Crippen molar-refractivity contribution in [1.29, 1.82) is 0 Å². The topological polar surface area (TPSA) is 41.1 Å². The summed E-state index contributed by atoms with van der Waals surface area (Å²) in [6, 6.07) is 10.1. The highest BCUT2D eigenvalue weighted by atomic mass is 79.9. The van der Waals surface area contributed by atoms with Gasteiger partial charge in [0.05, 0.1) is 6.04 Å². The second-order valence-corrected chi connectivity index (χ2v) is 6.15. The fraction of sp³-hybridized carbons (Fsp3) is 0.214. The number of halogens is 1. The van der Waals surface area contributed by atoms with Gasteiger partial charge in [0.25, 0.3) is 0 Å². The Hall–Kier alpha value is -1.33. The Kier molecular flexibility index (Phi) is 4.61. The zero-order chi connectivity index (χ0) is 13.8. The van der Waals surface area contributed by atoms with Crippen molar-refractivity contribution >= 4 is 44.5 Å². The third-order valence-corrected chi connectivity index (χ3v) is 4.48. The zero-order valence-corrected chi connectivity index (χ0v) is 13.1. The lowest BCUT2D eigenvalue weighted by Gasteiger charge is -2.14. The molecule has 1 atom stereocenters. The standard InChI is InChI=1S/C14H15BrN2OS/c1-9(14-7-11(15)8-19-14)16-12-3-5-13(6-4-12)17-10(2)18/h3-9,16H,1-2H3,(H,17,18). The van der Waals surface area contributed by atoms with Crippen molar-refractivity contribution in [2.45, 2.75) is 19.9 Å². The number of anilines is 2. The maximum atomic E-state index is 10.9. The molecule has 0 spiro atoms. The number of carbonyl (C=O) groups excluding carboxylic acids is 1. The summed E-state index contributed by atoms with van der Waals surface area (Å²) in [6.07, 6.45) is 0. The maximum absolute atomic E-state index is 10.9. The number of hydrogen-bond donors (Lipinski definition) is 2. The second kappa shape index (κ2) is 6.21. The molecular formula is C14H15BrN2OS. The van der Waals surface area contributed by atoms with Crippen LogP contribution in [0.2, 0.25) is 0 Å². The van der Waals surface area contributed by atoms with Crippen molar-refractivity contribution in [3.8, 4) is 0 Å². The van der Waals surface area contributed by atoms with Crippen LogP contribution in [0, 0.1) is 0 Å². The van der Waals surface area contributed by atoms with E-state index in [-0.39, 0.29) is 11.9 Å². The van der Waals surface area contributed by atoms with Crippen LogP contribution in [0.1, 0.15) is 24.8 Å². The van der Waals surface area contributed by atoms with Gasteiger partial charge < -0.3 is 10.6 Å². The first-order valence-electron chi connectivity index (χ1n) is 5.93. The Morgan fingerprint density at radius 1 is 1.26 bits per heavy atom. The second-order valence-electron chi connectivity index (χ2n) is 4.29. The van der Waals surface area contributed by atoms with Gasteiger partial charge in [0, 0.05) is 33.0 Å². The number of thiophene rings is 1. The smallest absolute Gasteiger partial charge is 0.221 e. The minimum absolute atomic E-state index is 0.0579. The summed E-state index contributed by atoms with van der Waals surface area (Å²) in [5, 5.41) is 8.26. The van der Waals surface area contributed by atoms with Crippen molar-refractivity contribution in [2.24, 2.45) is 0 Å². The van der Waals surface area contributed by atoms with Gasteiger partial charge in [-0.15, -0.1) is 11.3 Å². The molecule has 0 fully saturated rings. The lowest BCUT2D eigenvalue weighted by molar-refractivity contribution is -0.114. The van der Waals surface area contributed by atoms with Crippen LogP contribution in [0.5, 0.6) is 0 Å². The molecule has 2 N–H and O–H groups in total. The summed E-state index contributed by atoms with van der Waals surface area (Å²) < 4.78 is 1.11. The van der Waals surface area contributed by atoms with E-state index in [2.05, 4.69) is 44.9 Å². The molecule has 1 heterocycles. The Morgan fingerprint density at radius 3 is 2.42 bits per heavy atom.